The summed E-state index contributed by atoms with van der Waals surface area (Å²) in [6.07, 6.45) is 4.44. The zero-order valence-corrected chi connectivity index (χ0v) is 11.7. The zero-order chi connectivity index (χ0) is 12.5. The molecular weight excluding hydrogens is 290 g/mol. The van der Waals surface area contributed by atoms with Crippen molar-refractivity contribution in [3.63, 3.8) is 0 Å². The molecule has 3 nitrogen and oxygen atoms in total. The highest BCUT2D eigenvalue weighted by Gasteiger charge is 2.23. The summed E-state index contributed by atoms with van der Waals surface area (Å²) < 4.78 is 0.878. The molecule has 0 amide bonds. The minimum absolute atomic E-state index is 0.755. The molecule has 0 saturated heterocycles. The number of hydrogen-bond acceptors (Lipinski definition) is 3. The Kier molecular flexibility index (Phi) is 3.04. The molecule has 0 atom stereocenters. The molecule has 4 heteroatoms. The molecule has 0 aliphatic heterocycles. The highest BCUT2D eigenvalue weighted by atomic mass is 79.9. The van der Waals surface area contributed by atoms with E-state index in [2.05, 4.69) is 55.5 Å². The van der Waals surface area contributed by atoms with E-state index in [0.29, 0.717) is 0 Å². The minimum Gasteiger partial charge on any atom is -0.372 e. The molecule has 1 heterocycles. The van der Waals surface area contributed by atoms with Crippen molar-refractivity contribution in [1.29, 1.82) is 0 Å². The molecule has 1 N–H and O–H groups in total. The maximum absolute atomic E-state index is 4.48. The fraction of sp³-hybridized carbons (Fsp3) is 0.286. The average molecular weight is 304 g/mol. The average Bonchev–Trinajstić information content (AvgIpc) is 3.24. The summed E-state index contributed by atoms with van der Waals surface area (Å²) in [6.45, 7) is 0. The van der Waals surface area contributed by atoms with E-state index in [1.165, 1.54) is 18.4 Å². The van der Waals surface area contributed by atoms with Gasteiger partial charge in [-0.25, -0.2) is 9.97 Å². The molecule has 0 bridgehead atoms. The monoisotopic (exact) mass is 303 g/mol. The van der Waals surface area contributed by atoms with Crippen LogP contribution in [0.15, 0.2) is 34.9 Å². The van der Waals surface area contributed by atoms with Gasteiger partial charge in [0.15, 0.2) is 5.82 Å². The third kappa shape index (κ3) is 2.25. The minimum atomic E-state index is 0.755. The van der Waals surface area contributed by atoms with Crippen LogP contribution >= 0.6 is 15.9 Å². The standard InChI is InChI=1S/C14H14BrN3/c1-16-14-12(15)8-17-13(18-14)11-6-4-10(5-7-11)9-2-3-9/h4-9H,2-3H2,1H3,(H,16,17,18). The highest BCUT2D eigenvalue weighted by Crippen LogP contribution is 2.40. The predicted molar refractivity (Wildman–Crippen MR) is 76.7 cm³/mol. The van der Waals surface area contributed by atoms with E-state index in [0.717, 1.165) is 27.6 Å². The second-order valence-electron chi connectivity index (χ2n) is 4.54. The van der Waals surface area contributed by atoms with Gasteiger partial charge in [0.1, 0.15) is 5.82 Å². The first-order valence-electron chi connectivity index (χ1n) is 6.08. The first-order chi connectivity index (χ1) is 8.78. The summed E-state index contributed by atoms with van der Waals surface area (Å²) in [5.41, 5.74) is 2.49. The molecule has 1 aromatic heterocycles. The molecule has 18 heavy (non-hydrogen) atoms. The third-order valence-corrected chi connectivity index (χ3v) is 3.78. The second-order valence-corrected chi connectivity index (χ2v) is 5.39. The van der Waals surface area contributed by atoms with Gasteiger partial charge in [-0.3, -0.25) is 0 Å². The Morgan fingerprint density at radius 1 is 1.22 bits per heavy atom. The number of nitrogens with one attached hydrogen (secondary N) is 1. The van der Waals surface area contributed by atoms with E-state index in [1.54, 1.807) is 6.20 Å². The van der Waals surface area contributed by atoms with Crippen LogP contribution in [0.1, 0.15) is 24.3 Å². The number of halogens is 1. The molecule has 1 saturated carbocycles. The Hall–Kier alpha value is -1.42. The Morgan fingerprint density at radius 2 is 1.94 bits per heavy atom. The van der Waals surface area contributed by atoms with Crippen LogP contribution in [-0.4, -0.2) is 17.0 Å². The Morgan fingerprint density at radius 3 is 2.56 bits per heavy atom. The number of rotatable bonds is 3. The number of nitrogens with zero attached hydrogens (tertiary/aromatic N) is 2. The van der Waals surface area contributed by atoms with Crippen molar-refractivity contribution < 1.29 is 0 Å². The lowest BCUT2D eigenvalue weighted by Crippen LogP contribution is -1.97. The summed E-state index contributed by atoms with van der Waals surface area (Å²) in [5, 5.41) is 3.05. The molecule has 0 spiro atoms. The van der Waals surface area contributed by atoms with Crippen LogP contribution in [-0.2, 0) is 0 Å². The van der Waals surface area contributed by atoms with Crippen LogP contribution in [0.3, 0.4) is 0 Å². The molecule has 3 rings (SSSR count). The summed E-state index contributed by atoms with van der Waals surface area (Å²) >= 11 is 3.41. The van der Waals surface area contributed by atoms with Gasteiger partial charge < -0.3 is 5.32 Å². The summed E-state index contributed by atoms with van der Waals surface area (Å²) in [6, 6.07) is 8.60. The molecule has 2 aromatic rings. The maximum atomic E-state index is 4.48. The van der Waals surface area contributed by atoms with Crippen molar-refractivity contribution in [2.45, 2.75) is 18.8 Å². The Labute approximate surface area is 115 Å². The molecule has 0 radical (unpaired) electrons. The first kappa shape index (κ1) is 11.7. The van der Waals surface area contributed by atoms with Crippen molar-refractivity contribution in [1.82, 2.24) is 9.97 Å². The van der Waals surface area contributed by atoms with Crippen molar-refractivity contribution in [2.24, 2.45) is 0 Å². The van der Waals surface area contributed by atoms with E-state index in [4.69, 9.17) is 0 Å². The van der Waals surface area contributed by atoms with Crippen molar-refractivity contribution >= 4 is 21.7 Å². The SMILES string of the molecule is CNc1nc(-c2ccc(C3CC3)cc2)ncc1Br. The van der Waals surface area contributed by atoms with E-state index in [9.17, 15) is 0 Å². The third-order valence-electron chi connectivity index (χ3n) is 3.20. The van der Waals surface area contributed by atoms with Crippen molar-refractivity contribution in [3.8, 4) is 11.4 Å². The predicted octanol–water partition coefficient (Wildman–Crippen LogP) is 3.83. The van der Waals surface area contributed by atoms with Gasteiger partial charge in [-0.2, -0.15) is 0 Å². The first-order valence-corrected chi connectivity index (χ1v) is 6.88. The fourth-order valence-corrected chi connectivity index (χ4v) is 2.39. The fourth-order valence-electron chi connectivity index (χ4n) is 2.00. The Balaban J connectivity index is 1.93. The second kappa shape index (κ2) is 4.69. The van der Waals surface area contributed by atoms with Crippen LogP contribution in [0.25, 0.3) is 11.4 Å². The smallest absolute Gasteiger partial charge is 0.161 e. The van der Waals surface area contributed by atoms with Gasteiger partial charge in [0.25, 0.3) is 0 Å². The molecule has 92 valence electrons. The molecule has 1 aliphatic carbocycles. The number of hydrogen-bond donors (Lipinski definition) is 1. The van der Waals surface area contributed by atoms with E-state index < -0.39 is 0 Å². The highest BCUT2D eigenvalue weighted by molar-refractivity contribution is 9.10. The Bertz CT molecular complexity index is 562. The van der Waals surface area contributed by atoms with Crippen LogP contribution in [0.2, 0.25) is 0 Å². The number of anilines is 1. The summed E-state index contributed by atoms with van der Waals surface area (Å²) in [5.74, 6) is 2.36. The normalized spacial score (nSPS) is 14.6. The van der Waals surface area contributed by atoms with E-state index >= 15 is 0 Å². The lowest BCUT2D eigenvalue weighted by Gasteiger charge is -2.06. The van der Waals surface area contributed by atoms with Gasteiger partial charge in [0.05, 0.1) is 4.47 Å². The number of aromatic nitrogens is 2. The summed E-state index contributed by atoms with van der Waals surface area (Å²) in [4.78, 5) is 8.83. The van der Waals surface area contributed by atoms with Gasteiger partial charge >= 0.3 is 0 Å². The largest absolute Gasteiger partial charge is 0.372 e. The van der Waals surface area contributed by atoms with Crippen LogP contribution in [0, 0.1) is 0 Å². The molecule has 1 aliphatic rings. The van der Waals surface area contributed by atoms with Gasteiger partial charge in [-0.05, 0) is 40.3 Å². The van der Waals surface area contributed by atoms with Gasteiger partial charge in [-0.1, -0.05) is 24.3 Å². The van der Waals surface area contributed by atoms with Crippen molar-refractivity contribution in [2.75, 3.05) is 12.4 Å². The molecule has 1 fully saturated rings. The quantitative estimate of drug-likeness (QED) is 0.936. The van der Waals surface area contributed by atoms with Crippen molar-refractivity contribution in [3.05, 3.63) is 40.5 Å². The van der Waals surface area contributed by atoms with Crippen LogP contribution in [0.4, 0.5) is 5.82 Å². The van der Waals surface area contributed by atoms with Crippen LogP contribution in [0.5, 0.6) is 0 Å². The molecule has 0 unspecified atom stereocenters. The van der Waals surface area contributed by atoms with Gasteiger partial charge in [0, 0.05) is 18.8 Å². The number of benzene rings is 1. The van der Waals surface area contributed by atoms with E-state index in [-0.39, 0.29) is 0 Å². The van der Waals surface area contributed by atoms with E-state index in [1.807, 2.05) is 7.05 Å². The topological polar surface area (TPSA) is 37.8 Å². The summed E-state index contributed by atoms with van der Waals surface area (Å²) in [7, 11) is 1.85. The maximum Gasteiger partial charge on any atom is 0.161 e. The van der Waals surface area contributed by atoms with Crippen LogP contribution < -0.4 is 5.32 Å². The lowest BCUT2D eigenvalue weighted by molar-refractivity contribution is 1.12. The van der Waals surface area contributed by atoms with Gasteiger partial charge in [0.2, 0.25) is 0 Å². The zero-order valence-electron chi connectivity index (χ0n) is 10.2. The molecule has 1 aromatic carbocycles. The lowest BCUT2D eigenvalue weighted by atomic mass is 10.1. The van der Waals surface area contributed by atoms with Gasteiger partial charge in [-0.15, -0.1) is 0 Å². The molecular formula is C14H14BrN3.